The van der Waals surface area contributed by atoms with Crippen molar-refractivity contribution in [1.29, 1.82) is 0 Å². The first-order valence-corrected chi connectivity index (χ1v) is 11.5. The van der Waals surface area contributed by atoms with Crippen LogP contribution in [0.3, 0.4) is 0 Å². The Morgan fingerprint density at radius 3 is 2.50 bits per heavy atom. The van der Waals surface area contributed by atoms with Gasteiger partial charge in [-0.25, -0.2) is 9.50 Å². The highest BCUT2D eigenvalue weighted by Gasteiger charge is 2.23. The van der Waals surface area contributed by atoms with Gasteiger partial charge < -0.3 is 20.1 Å². The highest BCUT2D eigenvalue weighted by Crippen LogP contribution is 2.26. The predicted molar refractivity (Wildman–Crippen MR) is 129 cm³/mol. The number of ether oxygens (including phenoxy) is 2. The van der Waals surface area contributed by atoms with Crippen LogP contribution in [0.4, 0.5) is 8.78 Å². The van der Waals surface area contributed by atoms with Gasteiger partial charge in [-0.15, -0.1) is 0 Å². The number of fused-ring (bicyclic) bond motifs is 2. The zero-order chi connectivity index (χ0) is 26.9. The molecule has 3 heterocycles. The minimum absolute atomic E-state index is 0.00248. The van der Waals surface area contributed by atoms with E-state index in [-0.39, 0.29) is 42.6 Å². The fourth-order valence-corrected chi connectivity index (χ4v) is 3.91. The number of benzene rings is 2. The molecule has 0 saturated carbocycles. The zero-order valence-electron chi connectivity index (χ0n) is 20.0. The summed E-state index contributed by atoms with van der Waals surface area (Å²) in [5, 5.41) is 9.60. The molecule has 0 saturated heterocycles. The summed E-state index contributed by atoms with van der Waals surface area (Å²) in [4.78, 5) is 41.6. The monoisotopic (exact) mass is 521 g/mol. The molecular weight excluding hydrogens is 500 g/mol. The number of alkyl halides is 2. The van der Waals surface area contributed by atoms with Gasteiger partial charge in [-0.1, -0.05) is 18.2 Å². The first-order chi connectivity index (χ1) is 18.1. The van der Waals surface area contributed by atoms with E-state index in [2.05, 4.69) is 25.5 Å². The Balaban J connectivity index is 1.26. The molecule has 2 aromatic heterocycles. The molecule has 0 radical (unpaired) electrons. The van der Waals surface area contributed by atoms with Crippen LogP contribution in [0.15, 0.2) is 60.8 Å². The van der Waals surface area contributed by atoms with Crippen molar-refractivity contribution < 1.29 is 32.6 Å². The van der Waals surface area contributed by atoms with Crippen LogP contribution in [-0.2, 0) is 24.3 Å². The summed E-state index contributed by atoms with van der Waals surface area (Å²) in [6.45, 7) is 0.919. The average molecular weight is 521 g/mol. The molecule has 4 aromatic rings. The molecule has 1 aliphatic heterocycles. The van der Waals surface area contributed by atoms with Crippen molar-refractivity contribution in [2.75, 3.05) is 0 Å². The van der Waals surface area contributed by atoms with Crippen LogP contribution < -0.4 is 20.1 Å². The number of halogens is 2. The first-order valence-electron chi connectivity index (χ1n) is 11.5. The van der Waals surface area contributed by atoms with Crippen LogP contribution in [-0.4, -0.2) is 38.5 Å². The van der Waals surface area contributed by atoms with Crippen LogP contribution in [0, 0.1) is 0 Å². The molecule has 0 aliphatic carbocycles. The number of amides is 2. The average Bonchev–Trinajstić information content (AvgIpc) is 3.50. The second-order valence-electron chi connectivity index (χ2n) is 8.64. The molecule has 38 heavy (non-hydrogen) atoms. The molecule has 0 unspecified atom stereocenters. The van der Waals surface area contributed by atoms with Gasteiger partial charge in [0.15, 0.2) is 5.65 Å². The molecule has 12 heteroatoms. The van der Waals surface area contributed by atoms with Gasteiger partial charge in [0.2, 0.25) is 0 Å². The van der Waals surface area contributed by atoms with Gasteiger partial charge in [-0.05, 0) is 35.4 Å². The van der Waals surface area contributed by atoms with E-state index in [0.717, 1.165) is 11.1 Å². The van der Waals surface area contributed by atoms with Crippen LogP contribution >= 0.6 is 0 Å². The van der Waals surface area contributed by atoms with E-state index in [1.165, 1.54) is 28.9 Å². The summed E-state index contributed by atoms with van der Waals surface area (Å²) < 4.78 is 36.9. The maximum Gasteiger partial charge on any atom is 0.394 e. The van der Waals surface area contributed by atoms with Gasteiger partial charge in [0.25, 0.3) is 11.8 Å². The quantitative estimate of drug-likeness (QED) is 0.270. The van der Waals surface area contributed by atoms with Crippen molar-refractivity contribution in [3.63, 3.8) is 0 Å². The number of carbonyl (C=O) groups excluding carboxylic acids is 3. The van der Waals surface area contributed by atoms with Crippen molar-refractivity contribution >= 4 is 23.4 Å². The minimum Gasteiger partial charge on any atom is -0.433 e. The fraction of sp³-hybridized carbons (Fsp3) is 0.192. The van der Waals surface area contributed by atoms with Gasteiger partial charge in [-0.3, -0.25) is 14.4 Å². The number of rotatable bonds is 8. The van der Waals surface area contributed by atoms with Crippen molar-refractivity contribution in [1.82, 2.24) is 25.2 Å². The SMILES string of the molecule is CC(F)(F)Oc1ccc(CNC(=O)c2cc(C(=O)NCc3ccc4c(c3)CC(=O)O4)nc3ccnn23)cc1. The van der Waals surface area contributed by atoms with Crippen LogP contribution in [0.2, 0.25) is 0 Å². The van der Waals surface area contributed by atoms with Crippen molar-refractivity contribution in [2.45, 2.75) is 32.5 Å². The largest absolute Gasteiger partial charge is 0.433 e. The van der Waals surface area contributed by atoms with Crippen LogP contribution in [0.1, 0.15) is 44.6 Å². The van der Waals surface area contributed by atoms with E-state index < -0.39 is 17.9 Å². The fourth-order valence-electron chi connectivity index (χ4n) is 3.91. The summed E-state index contributed by atoms with van der Waals surface area (Å²) in [5.41, 5.74) is 2.59. The van der Waals surface area contributed by atoms with Gasteiger partial charge in [0, 0.05) is 37.7 Å². The van der Waals surface area contributed by atoms with Gasteiger partial charge >= 0.3 is 12.1 Å². The second-order valence-corrected chi connectivity index (χ2v) is 8.64. The number of nitrogens with one attached hydrogen (secondary N) is 2. The lowest BCUT2D eigenvalue weighted by atomic mass is 10.1. The van der Waals surface area contributed by atoms with E-state index in [4.69, 9.17) is 4.74 Å². The third kappa shape index (κ3) is 5.59. The van der Waals surface area contributed by atoms with Crippen molar-refractivity contribution in [2.24, 2.45) is 0 Å². The molecule has 2 aromatic carbocycles. The Bertz CT molecular complexity index is 1550. The number of aromatic nitrogens is 3. The second kappa shape index (κ2) is 9.88. The summed E-state index contributed by atoms with van der Waals surface area (Å²) in [7, 11) is 0. The summed E-state index contributed by atoms with van der Waals surface area (Å²) >= 11 is 0. The highest BCUT2D eigenvalue weighted by molar-refractivity contribution is 5.98. The third-order valence-electron chi connectivity index (χ3n) is 5.63. The Hall–Kier alpha value is -4.87. The molecule has 194 valence electrons. The van der Waals surface area contributed by atoms with E-state index >= 15 is 0 Å². The number of carbonyl (C=O) groups is 3. The summed E-state index contributed by atoms with van der Waals surface area (Å²) in [5.74, 6) is -0.826. The number of esters is 1. The van der Waals surface area contributed by atoms with Crippen molar-refractivity contribution in [3.8, 4) is 11.5 Å². The Morgan fingerprint density at radius 1 is 1.03 bits per heavy atom. The molecule has 0 bridgehead atoms. The third-order valence-corrected chi connectivity index (χ3v) is 5.63. The zero-order valence-corrected chi connectivity index (χ0v) is 20.0. The molecule has 5 rings (SSSR count). The van der Waals surface area contributed by atoms with Crippen LogP contribution in [0.25, 0.3) is 5.65 Å². The first kappa shape index (κ1) is 24.8. The predicted octanol–water partition coefficient (Wildman–Crippen LogP) is 3.04. The number of hydrogen-bond acceptors (Lipinski definition) is 7. The molecule has 0 fully saturated rings. The lowest BCUT2D eigenvalue weighted by Gasteiger charge is -2.13. The topological polar surface area (TPSA) is 124 Å². The molecule has 0 atom stereocenters. The molecular formula is C26H21F2N5O5. The normalized spacial score (nSPS) is 12.7. The molecule has 10 nitrogen and oxygen atoms in total. The van der Waals surface area contributed by atoms with E-state index in [1.54, 1.807) is 36.4 Å². The van der Waals surface area contributed by atoms with Crippen molar-refractivity contribution in [3.05, 3.63) is 88.9 Å². The smallest absolute Gasteiger partial charge is 0.394 e. The number of hydrogen-bond donors (Lipinski definition) is 2. The summed E-state index contributed by atoms with van der Waals surface area (Å²) in [6, 6.07) is 14.0. The standard InChI is InChI=1S/C26H21F2N5O5/c1-26(27,28)38-18-5-2-15(3-6-18)13-30-25(36)20-12-19(32-22-8-9-31-33(20)22)24(35)29-14-16-4-7-21-17(10-16)11-23(34)37-21/h2-10,12H,11,13-14H2,1H3,(H,29,35)(H,30,36). The Labute approximate surface area is 214 Å². The van der Waals surface area contributed by atoms with E-state index in [0.29, 0.717) is 23.9 Å². The van der Waals surface area contributed by atoms with Crippen LogP contribution in [0.5, 0.6) is 11.5 Å². The molecule has 0 spiro atoms. The van der Waals surface area contributed by atoms with Gasteiger partial charge in [-0.2, -0.15) is 13.9 Å². The Morgan fingerprint density at radius 2 is 1.74 bits per heavy atom. The van der Waals surface area contributed by atoms with Gasteiger partial charge in [0.1, 0.15) is 22.9 Å². The lowest BCUT2D eigenvalue weighted by Crippen LogP contribution is -2.28. The summed E-state index contributed by atoms with van der Waals surface area (Å²) in [6.07, 6.45) is -1.66. The molecule has 2 N–H and O–H groups in total. The molecule has 1 aliphatic rings. The maximum atomic E-state index is 13.0. The highest BCUT2D eigenvalue weighted by atomic mass is 19.3. The number of nitrogens with zero attached hydrogens (tertiary/aromatic N) is 3. The van der Waals surface area contributed by atoms with E-state index in [1.807, 2.05) is 0 Å². The van der Waals surface area contributed by atoms with Gasteiger partial charge in [0.05, 0.1) is 12.6 Å². The minimum atomic E-state index is -3.30. The Kier molecular flexibility index (Phi) is 6.45. The molecule has 2 amide bonds. The lowest BCUT2D eigenvalue weighted by molar-refractivity contribution is -0.159. The van der Waals surface area contributed by atoms with E-state index in [9.17, 15) is 23.2 Å². The maximum absolute atomic E-state index is 13.0.